The number of amides is 1. The quantitative estimate of drug-likeness (QED) is 0.247. The van der Waals surface area contributed by atoms with Crippen molar-refractivity contribution in [2.75, 3.05) is 19.0 Å². The summed E-state index contributed by atoms with van der Waals surface area (Å²) < 4.78 is 63.0. The number of para-hydroxylation sites is 2. The van der Waals surface area contributed by atoms with E-state index in [0.717, 1.165) is 16.8 Å². The van der Waals surface area contributed by atoms with Gasteiger partial charge in [-0.2, -0.15) is 13.2 Å². The molecule has 39 heavy (non-hydrogen) atoms. The van der Waals surface area contributed by atoms with Crippen molar-refractivity contribution in [2.45, 2.75) is 6.18 Å². The molecule has 0 bridgehead atoms. The van der Waals surface area contributed by atoms with E-state index in [9.17, 15) is 22.8 Å². The highest BCUT2D eigenvalue weighted by Gasteiger charge is 2.40. The number of alkyl halides is 3. The Kier molecular flexibility index (Phi) is 6.84. The number of anilines is 1. The monoisotopic (exact) mass is 535 g/mol. The van der Waals surface area contributed by atoms with Crippen molar-refractivity contribution in [3.05, 3.63) is 101 Å². The number of benzene rings is 4. The van der Waals surface area contributed by atoms with E-state index < -0.39 is 35.6 Å². The van der Waals surface area contributed by atoms with Gasteiger partial charge in [-0.15, -0.1) is 0 Å². The van der Waals surface area contributed by atoms with E-state index in [-0.39, 0.29) is 22.5 Å². The predicted octanol–water partition coefficient (Wildman–Crippen LogP) is 6.78. The van der Waals surface area contributed by atoms with Gasteiger partial charge in [0.1, 0.15) is 22.8 Å². The number of hydrogen-bond acceptors (Lipinski definition) is 6. The number of methoxy groups -OCH3 is 1. The summed E-state index contributed by atoms with van der Waals surface area (Å²) in [6, 6.07) is 22.4. The molecular weight excluding hydrogens is 515 g/mol. The van der Waals surface area contributed by atoms with Crippen LogP contribution in [0.3, 0.4) is 0 Å². The zero-order valence-corrected chi connectivity index (χ0v) is 20.4. The Morgan fingerprint density at radius 3 is 2.38 bits per heavy atom. The first-order valence-corrected chi connectivity index (χ1v) is 11.6. The number of carbonyl (C=O) groups is 1. The van der Waals surface area contributed by atoms with E-state index >= 15 is 0 Å². The molecule has 0 atom stereocenters. The maximum absolute atomic E-state index is 13.9. The Morgan fingerprint density at radius 1 is 0.897 bits per heavy atom. The third-order valence-electron chi connectivity index (χ3n) is 5.77. The molecule has 0 aliphatic heterocycles. The van der Waals surface area contributed by atoms with Gasteiger partial charge in [0.2, 0.25) is 11.2 Å². The molecule has 0 saturated heterocycles. The second-order valence-corrected chi connectivity index (χ2v) is 8.39. The molecule has 7 nitrogen and oxygen atoms in total. The number of carbonyl (C=O) groups excluding carboxylic acids is 1. The molecule has 1 amide bonds. The third kappa shape index (κ3) is 5.49. The van der Waals surface area contributed by atoms with Gasteiger partial charge in [-0.25, -0.2) is 0 Å². The summed E-state index contributed by atoms with van der Waals surface area (Å²) in [4.78, 5) is 25.4. The Bertz CT molecular complexity index is 1750. The van der Waals surface area contributed by atoms with Crippen LogP contribution >= 0.6 is 0 Å². The van der Waals surface area contributed by atoms with Crippen LogP contribution in [0.15, 0.2) is 94.1 Å². The number of hydrogen-bond donors (Lipinski definition) is 1. The lowest BCUT2D eigenvalue weighted by atomic mass is 10.1. The molecule has 0 aliphatic rings. The van der Waals surface area contributed by atoms with E-state index in [1.54, 1.807) is 42.5 Å². The zero-order chi connectivity index (χ0) is 27.6. The third-order valence-corrected chi connectivity index (χ3v) is 5.77. The first-order valence-electron chi connectivity index (χ1n) is 11.6. The van der Waals surface area contributed by atoms with E-state index in [0.29, 0.717) is 11.4 Å². The Labute approximate surface area is 219 Å². The lowest BCUT2D eigenvalue weighted by molar-refractivity contribution is -0.154. The van der Waals surface area contributed by atoms with Crippen molar-refractivity contribution in [1.29, 1.82) is 0 Å². The van der Waals surface area contributed by atoms with Crippen molar-refractivity contribution in [1.82, 2.24) is 0 Å². The van der Waals surface area contributed by atoms with Gasteiger partial charge in [0.05, 0.1) is 18.2 Å². The van der Waals surface area contributed by atoms with Crippen molar-refractivity contribution < 1.29 is 36.6 Å². The Morgan fingerprint density at radius 2 is 1.62 bits per heavy atom. The SMILES string of the molecule is COc1ccccc1NC(=O)COc1ccc2c(=O)c(Oc3ccc4ccccc4c3)c(C(F)(F)F)oc2c1. The van der Waals surface area contributed by atoms with Crippen molar-refractivity contribution in [3.8, 4) is 23.0 Å². The largest absolute Gasteiger partial charge is 0.495 e. The highest BCUT2D eigenvalue weighted by atomic mass is 19.4. The molecule has 0 spiro atoms. The normalized spacial score (nSPS) is 11.4. The Hall–Kier alpha value is -4.99. The smallest absolute Gasteiger partial charge is 0.453 e. The molecule has 1 heterocycles. The Balaban J connectivity index is 1.42. The molecule has 0 fully saturated rings. The van der Waals surface area contributed by atoms with Crippen LogP contribution in [0.2, 0.25) is 0 Å². The summed E-state index contributed by atoms with van der Waals surface area (Å²) in [5.41, 5.74) is -0.954. The van der Waals surface area contributed by atoms with Gasteiger partial charge in [0.25, 0.3) is 11.7 Å². The second kappa shape index (κ2) is 10.4. The van der Waals surface area contributed by atoms with Crippen LogP contribution in [-0.4, -0.2) is 19.6 Å². The number of rotatable bonds is 7. The first-order chi connectivity index (χ1) is 18.7. The molecular formula is C29H20F3NO6. The van der Waals surface area contributed by atoms with E-state index in [2.05, 4.69) is 5.32 Å². The lowest BCUT2D eigenvalue weighted by Crippen LogP contribution is -2.20. The summed E-state index contributed by atoms with van der Waals surface area (Å²) >= 11 is 0. The summed E-state index contributed by atoms with van der Waals surface area (Å²) in [6.45, 7) is -0.455. The first kappa shape index (κ1) is 25.7. The van der Waals surface area contributed by atoms with E-state index in [1.807, 2.05) is 12.1 Å². The molecule has 1 N–H and O–H groups in total. The van der Waals surface area contributed by atoms with E-state index in [4.69, 9.17) is 18.6 Å². The van der Waals surface area contributed by atoms with Crippen LogP contribution in [0.25, 0.3) is 21.7 Å². The number of nitrogens with one attached hydrogen (secondary N) is 1. The second-order valence-electron chi connectivity index (χ2n) is 8.39. The topological polar surface area (TPSA) is 87.0 Å². The lowest BCUT2D eigenvalue weighted by Gasteiger charge is -2.14. The summed E-state index contributed by atoms with van der Waals surface area (Å²) in [7, 11) is 1.46. The molecule has 0 unspecified atom stereocenters. The molecule has 0 aliphatic carbocycles. The van der Waals surface area contributed by atoms with Gasteiger partial charge in [-0.1, -0.05) is 42.5 Å². The van der Waals surface area contributed by atoms with Crippen LogP contribution < -0.4 is 25.0 Å². The highest BCUT2D eigenvalue weighted by molar-refractivity contribution is 5.93. The molecule has 5 aromatic rings. The fraction of sp³-hybridized carbons (Fsp3) is 0.103. The average molecular weight is 535 g/mol. The standard InChI is InChI=1S/C29H20F3NO6/c1-36-23-9-5-4-8-22(23)33-25(34)16-37-19-12-13-21-24(15-19)39-28(29(30,31)32)27(26(21)35)38-20-11-10-17-6-2-3-7-18(17)14-20/h2-15H,16H2,1H3,(H,33,34). The fourth-order valence-corrected chi connectivity index (χ4v) is 3.96. The minimum atomic E-state index is -5.02. The maximum Gasteiger partial charge on any atom is 0.453 e. The van der Waals surface area contributed by atoms with Gasteiger partial charge in [-0.3, -0.25) is 9.59 Å². The number of halogens is 3. The zero-order valence-electron chi connectivity index (χ0n) is 20.4. The molecule has 0 saturated carbocycles. The van der Waals surface area contributed by atoms with Gasteiger partial charge >= 0.3 is 6.18 Å². The molecule has 5 rings (SSSR count). The minimum absolute atomic E-state index is 0.0251. The van der Waals surface area contributed by atoms with Crippen LogP contribution in [0.1, 0.15) is 5.76 Å². The van der Waals surface area contributed by atoms with E-state index in [1.165, 1.54) is 31.4 Å². The van der Waals surface area contributed by atoms with Crippen LogP contribution in [-0.2, 0) is 11.0 Å². The summed E-state index contributed by atoms with van der Waals surface area (Å²) in [5.74, 6) is -2.57. The molecule has 10 heteroatoms. The van der Waals surface area contributed by atoms with Gasteiger partial charge in [0, 0.05) is 6.07 Å². The van der Waals surface area contributed by atoms with Crippen molar-refractivity contribution >= 4 is 33.3 Å². The maximum atomic E-state index is 13.9. The van der Waals surface area contributed by atoms with Crippen LogP contribution in [0.4, 0.5) is 18.9 Å². The van der Waals surface area contributed by atoms with Gasteiger partial charge in [-0.05, 0) is 47.2 Å². The van der Waals surface area contributed by atoms with Crippen molar-refractivity contribution in [2.24, 2.45) is 0 Å². The van der Waals surface area contributed by atoms with Gasteiger partial charge < -0.3 is 23.9 Å². The molecule has 4 aromatic carbocycles. The van der Waals surface area contributed by atoms with Crippen LogP contribution in [0, 0.1) is 0 Å². The van der Waals surface area contributed by atoms with Crippen LogP contribution in [0.5, 0.6) is 23.0 Å². The number of ether oxygens (including phenoxy) is 3. The molecule has 198 valence electrons. The number of fused-ring (bicyclic) bond motifs is 2. The van der Waals surface area contributed by atoms with Crippen molar-refractivity contribution in [3.63, 3.8) is 0 Å². The summed E-state index contributed by atoms with van der Waals surface area (Å²) in [5, 5.41) is 4.06. The molecule has 0 radical (unpaired) electrons. The molecule has 1 aromatic heterocycles. The highest BCUT2D eigenvalue weighted by Crippen LogP contribution is 2.39. The summed E-state index contributed by atoms with van der Waals surface area (Å²) in [6.07, 6.45) is -5.02. The predicted molar refractivity (Wildman–Crippen MR) is 139 cm³/mol. The minimum Gasteiger partial charge on any atom is -0.495 e. The fourth-order valence-electron chi connectivity index (χ4n) is 3.96. The average Bonchev–Trinajstić information content (AvgIpc) is 2.93. The van der Waals surface area contributed by atoms with Gasteiger partial charge in [0.15, 0.2) is 6.61 Å².